The van der Waals surface area contributed by atoms with E-state index in [9.17, 15) is 0 Å². The van der Waals surface area contributed by atoms with Crippen molar-refractivity contribution < 1.29 is 0 Å². The molecule has 0 amide bonds. The quantitative estimate of drug-likeness (QED) is 0.798. The molecular formula is C12H17N3S. The number of rotatable bonds is 4. The Balaban J connectivity index is 2.27. The third-order valence-electron chi connectivity index (χ3n) is 2.67. The third-order valence-corrected chi connectivity index (χ3v) is 3.46. The number of anilines is 2. The Labute approximate surface area is 99.7 Å². The largest absolute Gasteiger partial charge is 0.395 e. The van der Waals surface area contributed by atoms with Crippen LogP contribution in [0.25, 0.3) is 10.2 Å². The molecule has 1 aromatic heterocycles. The number of fused-ring (bicyclic) bond motifs is 1. The predicted octanol–water partition coefficient (Wildman–Crippen LogP) is 3.48. The summed E-state index contributed by atoms with van der Waals surface area (Å²) in [6.45, 7) is 4.36. The molecule has 0 radical (unpaired) electrons. The lowest BCUT2D eigenvalue weighted by Gasteiger charge is -2.16. The van der Waals surface area contributed by atoms with Crippen LogP contribution in [0.4, 0.5) is 11.4 Å². The number of hydrogen-bond donors (Lipinski definition) is 2. The Bertz CT molecular complexity index is 478. The number of aromatic nitrogens is 1. The summed E-state index contributed by atoms with van der Waals surface area (Å²) in [6, 6.07) is 4.57. The van der Waals surface area contributed by atoms with Crippen molar-refractivity contribution >= 4 is 32.9 Å². The molecule has 0 saturated carbocycles. The van der Waals surface area contributed by atoms with Crippen LogP contribution < -0.4 is 11.1 Å². The molecule has 1 aromatic carbocycles. The molecule has 1 unspecified atom stereocenters. The number of nitrogens with one attached hydrogen (secondary N) is 1. The van der Waals surface area contributed by atoms with Crippen LogP contribution >= 0.6 is 11.3 Å². The number of thiazole rings is 1. The highest BCUT2D eigenvalue weighted by Crippen LogP contribution is 2.30. The fourth-order valence-corrected chi connectivity index (χ4v) is 2.54. The van der Waals surface area contributed by atoms with Gasteiger partial charge in [0.25, 0.3) is 0 Å². The normalized spacial score (nSPS) is 12.9. The van der Waals surface area contributed by atoms with Gasteiger partial charge in [0, 0.05) is 6.04 Å². The van der Waals surface area contributed by atoms with Gasteiger partial charge in [-0.1, -0.05) is 13.3 Å². The van der Waals surface area contributed by atoms with Crippen molar-refractivity contribution in [3.8, 4) is 0 Å². The van der Waals surface area contributed by atoms with Crippen LogP contribution in [0.15, 0.2) is 17.6 Å². The summed E-state index contributed by atoms with van der Waals surface area (Å²) >= 11 is 1.62. The molecule has 3 N–H and O–H groups in total. The van der Waals surface area contributed by atoms with E-state index in [0.717, 1.165) is 28.0 Å². The number of nitrogen functional groups attached to an aromatic ring is 1. The van der Waals surface area contributed by atoms with Crippen molar-refractivity contribution in [1.82, 2.24) is 4.98 Å². The van der Waals surface area contributed by atoms with Crippen molar-refractivity contribution in [3.05, 3.63) is 17.6 Å². The molecule has 86 valence electrons. The second kappa shape index (κ2) is 4.70. The van der Waals surface area contributed by atoms with E-state index >= 15 is 0 Å². The summed E-state index contributed by atoms with van der Waals surface area (Å²) in [4.78, 5) is 4.29. The van der Waals surface area contributed by atoms with Crippen molar-refractivity contribution in [2.75, 3.05) is 11.1 Å². The highest BCUT2D eigenvalue weighted by molar-refractivity contribution is 7.16. The van der Waals surface area contributed by atoms with E-state index in [4.69, 9.17) is 5.73 Å². The van der Waals surface area contributed by atoms with Gasteiger partial charge in [0.05, 0.1) is 21.6 Å². The maximum absolute atomic E-state index is 6.09. The zero-order valence-corrected chi connectivity index (χ0v) is 10.5. The Kier molecular flexibility index (Phi) is 3.29. The molecule has 0 bridgehead atoms. The maximum atomic E-state index is 6.09. The fraction of sp³-hybridized carbons (Fsp3) is 0.417. The molecule has 3 nitrogen and oxygen atoms in total. The lowest BCUT2D eigenvalue weighted by molar-refractivity contribution is 0.691. The molecule has 0 aliphatic rings. The van der Waals surface area contributed by atoms with Crippen LogP contribution in [-0.4, -0.2) is 11.0 Å². The average Bonchev–Trinajstić information content (AvgIpc) is 2.71. The van der Waals surface area contributed by atoms with Crippen LogP contribution in [0, 0.1) is 0 Å². The molecule has 0 aliphatic heterocycles. The highest BCUT2D eigenvalue weighted by atomic mass is 32.1. The first-order valence-corrected chi connectivity index (χ1v) is 6.48. The van der Waals surface area contributed by atoms with Gasteiger partial charge in [-0.25, -0.2) is 4.98 Å². The van der Waals surface area contributed by atoms with Gasteiger partial charge >= 0.3 is 0 Å². The van der Waals surface area contributed by atoms with E-state index in [2.05, 4.69) is 30.2 Å². The van der Waals surface area contributed by atoms with Gasteiger partial charge in [-0.3, -0.25) is 0 Å². The van der Waals surface area contributed by atoms with E-state index in [-0.39, 0.29) is 0 Å². The average molecular weight is 235 g/mol. The first kappa shape index (κ1) is 11.2. The van der Waals surface area contributed by atoms with Crippen molar-refractivity contribution in [2.24, 2.45) is 0 Å². The zero-order valence-electron chi connectivity index (χ0n) is 9.66. The first-order chi connectivity index (χ1) is 7.72. The van der Waals surface area contributed by atoms with Crippen LogP contribution in [-0.2, 0) is 0 Å². The predicted molar refractivity (Wildman–Crippen MR) is 72.0 cm³/mol. The van der Waals surface area contributed by atoms with Crippen molar-refractivity contribution in [2.45, 2.75) is 32.7 Å². The minimum atomic E-state index is 0.448. The van der Waals surface area contributed by atoms with E-state index in [0.29, 0.717) is 6.04 Å². The Hall–Kier alpha value is -1.29. The van der Waals surface area contributed by atoms with E-state index in [1.807, 2.05) is 11.6 Å². The van der Waals surface area contributed by atoms with Gasteiger partial charge < -0.3 is 11.1 Å². The van der Waals surface area contributed by atoms with Gasteiger partial charge in [-0.05, 0) is 25.5 Å². The molecule has 1 atom stereocenters. The second-order valence-electron chi connectivity index (χ2n) is 4.06. The smallest absolute Gasteiger partial charge is 0.106 e. The van der Waals surface area contributed by atoms with Gasteiger partial charge in [0.1, 0.15) is 5.52 Å². The van der Waals surface area contributed by atoms with Gasteiger partial charge in [-0.2, -0.15) is 0 Å². The SMILES string of the molecule is CCCC(C)Nc1ccc2scnc2c1N. The molecule has 0 spiro atoms. The number of nitrogens with two attached hydrogens (primary N) is 1. The summed E-state index contributed by atoms with van der Waals surface area (Å²) in [5, 5.41) is 3.43. The molecule has 16 heavy (non-hydrogen) atoms. The Morgan fingerprint density at radius 1 is 1.50 bits per heavy atom. The molecule has 2 aromatic rings. The molecule has 0 aliphatic carbocycles. The number of nitrogens with zero attached hydrogens (tertiary/aromatic N) is 1. The van der Waals surface area contributed by atoms with Crippen molar-refractivity contribution in [3.63, 3.8) is 0 Å². The number of hydrogen-bond acceptors (Lipinski definition) is 4. The van der Waals surface area contributed by atoms with Crippen LogP contribution in [0.2, 0.25) is 0 Å². The summed E-state index contributed by atoms with van der Waals surface area (Å²) in [5.41, 5.74) is 10.6. The standard InChI is InChI=1S/C12H17N3S/c1-3-4-8(2)15-9-5-6-10-12(11(9)13)14-7-16-10/h5-8,15H,3-4,13H2,1-2H3. The summed E-state index contributed by atoms with van der Waals surface area (Å²) in [5.74, 6) is 0. The molecule has 2 rings (SSSR count). The topological polar surface area (TPSA) is 50.9 Å². The summed E-state index contributed by atoms with van der Waals surface area (Å²) in [7, 11) is 0. The molecular weight excluding hydrogens is 218 g/mol. The molecule has 1 heterocycles. The fourth-order valence-electron chi connectivity index (χ4n) is 1.85. The summed E-state index contributed by atoms with van der Waals surface area (Å²) in [6.07, 6.45) is 2.32. The molecule has 4 heteroatoms. The highest BCUT2D eigenvalue weighted by Gasteiger charge is 2.08. The minimum Gasteiger partial charge on any atom is -0.395 e. The minimum absolute atomic E-state index is 0.448. The zero-order chi connectivity index (χ0) is 11.5. The molecule has 0 saturated heterocycles. The lowest BCUT2D eigenvalue weighted by Crippen LogP contribution is -2.15. The first-order valence-electron chi connectivity index (χ1n) is 5.60. The van der Waals surface area contributed by atoms with E-state index in [1.165, 1.54) is 6.42 Å². The van der Waals surface area contributed by atoms with E-state index < -0.39 is 0 Å². The van der Waals surface area contributed by atoms with E-state index in [1.54, 1.807) is 11.3 Å². The monoisotopic (exact) mass is 235 g/mol. The van der Waals surface area contributed by atoms with Gasteiger partial charge in [0.2, 0.25) is 0 Å². The van der Waals surface area contributed by atoms with Crippen LogP contribution in [0.1, 0.15) is 26.7 Å². The van der Waals surface area contributed by atoms with Crippen molar-refractivity contribution in [1.29, 1.82) is 0 Å². The Morgan fingerprint density at radius 3 is 3.06 bits per heavy atom. The van der Waals surface area contributed by atoms with Gasteiger partial charge in [0.15, 0.2) is 0 Å². The second-order valence-corrected chi connectivity index (χ2v) is 4.95. The van der Waals surface area contributed by atoms with Crippen LogP contribution in [0.3, 0.4) is 0 Å². The molecule has 0 fully saturated rings. The maximum Gasteiger partial charge on any atom is 0.106 e. The third kappa shape index (κ3) is 2.11. The van der Waals surface area contributed by atoms with Crippen LogP contribution in [0.5, 0.6) is 0 Å². The Morgan fingerprint density at radius 2 is 2.31 bits per heavy atom. The van der Waals surface area contributed by atoms with Gasteiger partial charge in [-0.15, -0.1) is 11.3 Å². The number of benzene rings is 1. The lowest BCUT2D eigenvalue weighted by atomic mass is 10.1. The summed E-state index contributed by atoms with van der Waals surface area (Å²) < 4.78 is 1.14.